The summed E-state index contributed by atoms with van der Waals surface area (Å²) in [7, 11) is 1.99. The van der Waals surface area contributed by atoms with Gasteiger partial charge in [0.1, 0.15) is 0 Å². The Morgan fingerprint density at radius 1 is 1.08 bits per heavy atom. The van der Waals surface area contributed by atoms with Gasteiger partial charge in [0.05, 0.1) is 10.0 Å². The molecule has 2 unspecified atom stereocenters. The molecule has 0 aromatic heterocycles. The highest BCUT2D eigenvalue weighted by Crippen LogP contribution is 2.42. The van der Waals surface area contributed by atoms with E-state index in [1.807, 2.05) is 19.2 Å². The number of amides is 1. The average Bonchev–Trinajstić information content (AvgIpc) is 2.61. The number of benzene rings is 2. The van der Waals surface area contributed by atoms with Crippen LogP contribution in [0.25, 0.3) is 0 Å². The van der Waals surface area contributed by atoms with Gasteiger partial charge in [-0.05, 0) is 54.3 Å². The van der Waals surface area contributed by atoms with E-state index in [0.717, 1.165) is 18.4 Å². The second kappa shape index (κ2) is 7.77. The first-order valence-electron chi connectivity index (χ1n) is 8.49. The molecule has 25 heavy (non-hydrogen) atoms. The van der Waals surface area contributed by atoms with Crippen LogP contribution >= 0.6 is 23.2 Å². The highest BCUT2D eigenvalue weighted by Gasteiger charge is 2.28. The molecular weight excluding hydrogens is 355 g/mol. The minimum atomic E-state index is -0.0171. The van der Waals surface area contributed by atoms with Crippen molar-refractivity contribution in [2.24, 2.45) is 0 Å². The van der Waals surface area contributed by atoms with E-state index in [9.17, 15) is 4.79 Å². The van der Waals surface area contributed by atoms with Crippen LogP contribution in [0.15, 0.2) is 36.4 Å². The molecule has 0 aliphatic heterocycles. The lowest BCUT2D eigenvalue weighted by molar-refractivity contribution is -0.119. The van der Waals surface area contributed by atoms with Gasteiger partial charge in [0, 0.05) is 25.4 Å². The average molecular weight is 377 g/mol. The molecule has 2 N–H and O–H groups in total. The summed E-state index contributed by atoms with van der Waals surface area (Å²) in [4.78, 5) is 11.2. The summed E-state index contributed by atoms with van der Waals surface area (Å²) in [6, 6.07) is 12.7. The lowest BCUT2D eigenvalue weighted by atomic mass is 9.76. The van der Waals surface area contributed by atoms with Crippen molar-refractivity contribution in [2.75, 3.05) is 7.05 Å². The Hall–Kier alpha value is -1.55. The number of carbonyl (C=O) groups is 1. The fraction of sp³-hybridized carbons (Fsp3) is 0.350. The lowest BCUT2D eigenvalue weighted by Crippen LogP contribution is -2.25. The van der Waals surface area contributed by atoms with Crippen molar-refractivity contribution in [1.82, 2.24) is 10.6 Å². The SMILES string of the molecule is CNC1CCC(c2ccc(Cl)c(Cl)c2)c2ccc(CNC(C)=O)cc21. The molecule has 1 aliphatic rings. The van der Waals surface area contributed by atoms with Crippen LogP contribution in [0.2, 0.25) is 10.0 Å². The smallest absolute Gasteiger partial charge is 0.217 e. The van der Waals surface area contributed by atoms with Crippen LogP contribution in [0.5, 0.6) is 0 Å². The van der Waals surface area contributed by atoms with Crippen LogP contribution in [0.3, 0.4) is 0 Å². The van der Waals surface area contributed by atoms with E-state index in [1.165, 1.54) is 23.6 Å². The molecule has 0 saturated heterocycles. The van der Waals surface area contributed by atoms with Crippen LogP contribution in [0.1, 0.15) is 54.0 Å². The highest BCUT2D eigenvalue weighted by atomic mass is 35.5. The molecule has 5 heteroatoms. The first-order valence-corrected chi connectivity index (χ1v) is 9.24. The molecule has 0 bridgehead atoms. The quantitative estimate of drug-likeness (QED) is 0.803. The molecule has 0 radical (unpaired) electrons. The molecule has 2 aromatic carbocycles. The molecule has 1 amide bonds. The predicted molar refractivity (Wildman–Crippen MR) is 103 cm³/mol. The third kappa shape index (κ3) is 4.00. The molecular formula is C20H22Cl2N2O. The summed E-state index contributed by atoms with van der Waals surface area (Å²) < 4.78 is 0. The molecule has 3 nitrogen and oxygen atoms in total. The zero-order valence-electron chi connectivity index (χ0n) is 14.4. The standard InChI is InChI=1S/C20H22Cl2N2O/c1-12(25)24-11-13-3-5-16-15(6-8-20(23-2)17(16)9-13)14-4-7-18(21)19(22)10-14/h3-5,7,9-10,15,20,23H,6,8,11H2,1-2H3,(H,24,25). The van der Waals surface area contributed by atoms with Gasteiger partial charge in [-0.15, -0.1) is 0 Å². The Labute approximate surface area is 158 Å². The summed E-state index contributed by atoms with van der Waals surface area (Å²) in [6.07, 6.45) is 2.11. The first-order chi connectivity index (χ1) is 12.0. The molecule has 0 heterocycles. The zero-order chi connectivity index (χ0) is 18.0. The number of hydrogen-bond donors (Lipinski definition) is 2. The molecule has 0 saturated carbocycles. The van der Waals surface area contributed by atoms with Gasteiger partial charge in [0.25, 0.3) is 0 Å². The molecule has 0 fully saturated rings. The maximum atomic E-state index is 11.2. The Kier molecular flexibility index (Phi) is 5.67. The number of nitrogens with one attached hydrogen (secondary N) is 2. The maximum Gasteiger partial charge on any atom is 0.217 e. The van der Waals surface area contributed by atoms with Crippen molar-refractivity contribution in [3.05, 3.63) is 68.7 Å². The van der Waals surface area contributed by atoms with E-state index in [-0.39, 0.29) is 5.91 Å². The number of fused-ring (bicyclic) bond motifs is 1. The van der Waals surface area contributed by atoms with Gasteiger partial charge in [-0.2, -0.15) is 0 Å². The zero-order valence-corrected chi connectivity index (χ0v) is 15.9. The number of hydrogen-bond acceptors (Lipinski definition) is 2. The fourth-order valence-electron chi connectivity index (χ4n) is 3.60. The van der Waals surface area contributed by atoms with E-state index in [0.29, 0.717) is 28.5 Å². The van der Waals surface area contributed by atoms with Gasteiger partial charge in [0.2, 0.25) is 5.91 Å². The summed E-state index contributed by atoms with van der Waals surface area (Å²) in [5.41, 5.74) is 4.92. The van der Waals surface area contributed by atoms with Gasteiger partial charge in [0.15, 0.2) is 0 Å². The third-order valence-electron chi connectivity index (χ3n) is 4.88. The second-order valence-electron chi connectivity index (χ2n) is 6.52. The fourth-order valence-corrected chi connectivity index (χ4v) is 3.91. The molecule has 132 valence electrons. The molecule has 0 spiro atoms. The largest absolute Gasteiger partial charge is 0.352 e. The van der Waals surface area contributed by atoms with Gasteiger partial charge in [-0.3, -0.25) is 4.79 Å². The van der Waals surface area contributed by atoms with E-state index in [4.69, 9.17) is 23.2 Å². The van der Waals surface area contributed by atoms with E-state index in [1.54, 1.807) is 0 Å². The highest BCUT2D eigenvalue weighted by molar-refractivity contribution is 6.42. The topological polar surface area (TPSA) is 41.1 Å². The van der Waals surface area contributed by atoms with Crippen molar-refractivity contribution >= 4 is 29.1 Å². The molecule has 3 rings (SSSR count). The maximum absolute atomic E-state index is 11.2. The third-order valence-corrected chi connectivity index (χ3v) is 5.62. The van der Waals surface area contributed by atoms with Crippen LogP contribution in [-0.2, 0) is 11.3 Å². The van der Waals surface area contributed by atoms with Gasteiger partial charge in [-0.25, -0.2) is 0 Å². The van der Waals surface area contributed by atoms with Gasteiger partial charge < -0.3 is 10.6 Å². The second-order valence-corrected chi connectivity index (χ2v) is 7.33. The molecule has 2 atom stereocenters. The van der Waals surface area contributed by atoms with Crippen LogP contribution in [-0.4, -0.2) is 13.0 Å². The van der Waals surface area contributed by atoms with E-state index >= 15 is 0 Å². The van der Waals surface area contributed by atoms with Crippen molar-refractivity contribution in [3.8, 4) is 0 Å². The first kappa shape index (κ1) is 18.2. The van der Waals surface area contributed by atoms with E-state index in [2.05, 4.69) is 34.9 Å². The number of carbonyl (C=O) groups excluding carboxylic acids is 1. The van der Waals surface area contributed by atoms with Crippen LogP contribution in [0.4, 0.5) is 0 Å². The summed E-state index contributed by atoms with van der Waals surface area (Å²) in [5, 5.41) is 7.46. The molecule has 1 aliphatic carbocycles. The van der Waals surface area contributed by atoms with Gasteiger partial charge in [-0.1, -0.05) is 47.5 Å². The predicted octanol–water partition coefficient (Wildman–Crippen LogP) is 4.82. The van der Waals surface area contributed by atoms with Crippen molar-refractivity contribution in [1.29, 1.82) is 0 Å². The lowest BCUT2D eigenvalue weighted by Gasteiger charge is -2.32. The molecule has 2 aromatic rings. The Bertz CT molecular complexity index is 791. The summed E-state index contributed by atoms with van der Waals surface area (Å²) >= 11 is 12.3. The van der Waals surface area contributed by atoms with E-state index < -0.39 is 0 Å². The van der Waals surface area contributed by atoms with Crippen LogP contribution < -0.4 is 10.6 Å². The van der Waals surface area contributed by atoms with Crippen molar-refractivity contribution in [2.45, 2.75) is 38.3 Å². The number of rotatable bonds is 4. The van der Waals surface area contributed by atoms with Gasteiger partial charge >= 0.3 is 0 Å². The summed E-state index contributed by atoms with van der Waals surface area (Å²) in [6.45, 7) is 2.09. The van der Waals surface area contributed by atoms with Crippen LogP contribution in [0, 0.1) is 0 Å². The van der Waals surface area contributed by atoms with Crippen molar-refractivity contribution in [3.63, 3.8) is 0 Å². The Balaban J connectivity index is 1.97. The number of halogens is 2. The summed E-state index contributed by atoms with van der Waals surface area (Å²) in [5.74, 6) is 0.292. The van der Waals surface area contributed by atoms with Crippen molar-refractivity contribution < 1.29 is 4.79 Å². The minimum absolute atomic E-state index is 0.0171. The monoisotopic (exact) mass is 376 g/mol. The normalized spacial score (nSPS) is 19.4. The Morgan fingerprint density at radius 3 is 2.56 bits per heavy atom. The Morgan fingerprint density at radius 2 is 1.88 bits per heavy atom. The minimum Gasteiger partial charge on any atom is -0.352 e.